The van der Waals surface area contributed by atoms with Crippen LogP contribution < -0.4 is 0 Å². The number of aromatic nitrogens is 1. The summed E-state index contributed by atoms with van der Waals surface area (Å²) in [5.74, 6) is -0.526. The smallest absolute Gasteiger partial charge is 0.255 e. The van der Waals surface area contributed by atoms with Crippen LogP contribution in [0.1, 0.15) is 26.4 Å². The topological polar surface area (TPSA) is 45.6 Å². The molecule has 0 unspecified atom stereocenters. The van der Waals surface area contributed by atoms with Gasteiger partial charge in [0.15, 0.2) is 0 Å². The maximum atomic E-state index is 13.6. The highest BCUT2D eigenvalue weighted by Gasteiger charge is 2.29. The van der Waals surface area contributed by atoms with Crippen molar-refractivity contribution in [2.75, 3.05) is 26.2 Å². The summed E-state index contributed by atoms with van der Waals surface area (Å²) < 4.78 is 15.6. The van der Waals surface area contributed by atoms with Gasteiger partial charge < -0.3 is 14.4 Å². The van der Waals surface area contributed by atoms with Crippen molar-refractivity contribution in [3.63, 3.8) is 0 Å². The third-order valence-corrected chi connectivity index (χ3v) is 6.92. The minimum Gasteiger partial charge on any atom is -0.335 e. The molecule has 0 bridgehead atoms. The fraction of sp³-hybridized carbons (Fsp3) is 0.172. The molecule has 1 aromatic heterocycles. The largest absolute Gasteiger partial charge is 0.335 e. The Morgan fingerprint density at radius 3 is 1.92 bits per heavy atom. The van der Waals surface area contributed by atoms with E-state index < -0.39 is 0 Å². The molecule has 7 heteroatoms. The molecule has 0 saturated carbocycles. The van der Waals surface area contributed by atoms with Crippen molar-refractivity contribution in [1.82, 2.24) is 14.4 Å². The summed E-state index contributed by atoms with van der Waals surface area (Å²) in [5.41, 5.74) is 4.42. The van der Waals surface area contributed by atoms with Crippen LogP contribution in [-0.2, 0) is 0 Å². The quantitative estimate of drug-likeness (QED) is 0.352. The zero-order chi connectivity index (χ0) is 25.2. The zero-order valence-electron chi connectivity index (χ0n) is 19.8. The first-order chi connectivity index (χ1) is 17.4. The molecule has 1 saturated heterocycles. The highest BCUT2D eigenvalue weighted by atomic mass is 35.5. The molecule has 2 heterocycles. The van der Waals surface area contributed by atoms with Gasteiger partial charge in [-0.1, -0.05) is 41.9 Å². The summed E-state index contributed by atoms with van der Waals surface area (Å²) in [7, 11) is 0. The van der Waals surface area contributed by atoms with Crippen molar-refractivity contribution in [2.24, 2.45) is 0 Å². The van der Waals surface area contributed by atoms with Crippen molar-refractivity contribution in [1.29, 1.82) is 0 Å². The lowest BCUT2D eigenvalue weighted by atomic mass is 10.1. The van der Waals surface area contributed by atoms with Crippen LogP contribution in [0, 0.1) is 12.7 Å². The van der Waals surface area contributed by atoms with Gasteiger partial charge in [0.05, 0.1) is 21.8 Å². The van der Waals surface area contributed by atoms with E-state index in [0.717, 1.165) is 22.6 Å². The van der Waals surface area contributed by atoms with Crippen molar-refractivity contribution >= 4 is 23.4 Å². The number of carbonyl (C=O) groups excluding carboxylic acids is 2. The van der Waals surface area contributed by atoms with Crippen LogP contribution in [0.2, 0.25) is 5.02 Å². The molecule has 5 rings (SSSR count). The highest BCUT2D eigenvalue weighted by molar-refractivity contribution is 6.33. The summed E-state index contributed by atoms with van der Waals surface area (Å²) in [5, 5.41) is 0.423. The molecular formula is C29H25ClFN3O2. The first kappa shape index (κ1) is 23.8. The Morgan fingerprint density at radius 1 is 0.750 bits per heavy atom. The Morgan fingerprint density at radius 2 is 1.31 bits per heavy atom. The molecule has 2 amide bonds. The maximum Gasteiger partial charge on any atom is 0.255 e. The Balaban J connectivity index is 1.41. The van der Waals surface area contributed by atoms with Gasteiger partial charge in [-0.3, -0.25) is 9.59 Å². The van der Waals surface area contributed by atoms with Gasteiger partial charge in [-0.05, 0) is 67.1 Å². The molecule has 182 valence electrons. The van der Waals surface area contributed by atoms with Gasteiger partial charge in [0.2, 0.25) is 0 Å². The number of halogens is 2. The molecule has 0 spiro atoms. The van der Waals surface area contributed by atoms with Gasteiger partial charge in [0.1, 0.15) is 5.82 Å². The Kier molecular flexibility index (Phi) is 6.61. The Labute approximate surface area is 214 Å². The molecule has 0 aliphatic carbocycles. The SMILES string of the molecule is Cc1c(C(=O)N2CCN(C(=O)c3ccccc3Cl)CC2)cc(-c2ccc(F)cc2)n1-c1ccccc1. The molecule has 0 radical (unpaired) electrons. The highest BCUT2D eigenvalue weighted by Crippen LogP contribution is 2.31. The second-order valence-electron chi connectivity index (χ2n) is 8.77. The fourth-order valence-electron chi connectivity index (χ4n) is 4.65. The number of hydrogen-bond donors (Lipinski definition) is 0. The van der Waals surface area contributed by atoms with E-state index in [1.54, 1.807) is 46.2 Å². The van der Waals surface area contributed by atoms with Crippen molar-refractivity contribution in [3.05, 3.63) is 113 Å². The summed E-state index contributed by atoms with van der Waals surface area (Å²) in [6.45, 7) is 3.64. The predicted octanol–water partition coefficient (Wildman–Crippen LogP) is 5.84. The lowest BCUT2D eigenvalue weighted by Gasteiger charge is -2.35. The van der Waals surface area contributed by atoms with Crippen LogP contribution in [0.25, 0.3) is 16.9 Å². The van der Waals surface area contributed by atoms with E-state index in [9.17, 15) is 14.0 Å². The van der Waals surface area contributed by atoms with Crippen LogP contribution in [0.5, 0.6) is 0 Å². The van der Waals surface area contributed by atoms with E-state index in [1.807, 2.05) is 47.9 Å². The van der Waals surface area contributed by atoms with E-state index in [1.165, 1.54) is 12.1 Å². The summed E-state index contributed by atoms with van der Waals surface area (Å²) in [6.07, 6.45) is 0. The first-order valence-electron chi connectivity index (χ1n) is 11.8. The van der Waals surface area contributed by atoms with Crippen molar-refractivity contribution in [2.45, 2.75) is 6.92 Å². The lowest BCUT2D eigenvalue weighted by Crippen LogP contribution is -2.50. The average Bonchev–Trinajstić information content (AvgIpc) is 3.26. The third kappa shape index (κ3) is 4.52. The van der Waals surface area contributed by atoms with E-state index in [4.69, 9.17) is 11.6 Å². The van der Waals surface area contributed by atoms with Crippen LogP contribution in [0.3, 0.4) is 0 Å². The molecule has 3 aromatic carbocycles. The Bertz CT molecular complexity index is 1410. The third-order valence-electron chi connectivity index (χ3n) is 6.59. The second kappa shape index (κ2) is 9.99. The summed E-state index contributed by atoms with van der Waals surface area (Å²) >= 11 is 6.21. The van der Waals surface area contributed by atoms with Gasteiger partial charge in [0, 0.05) is 37.6 Å². The number of nitrogens with zero attached hydrogens (tertiary/aromatic N) is 3. The van der Waals surface area contributed by atoms with Gasteiger partial charge in [-0.25, -0.2) is 4.39 Å². The van der Waals surface area contributed by atoms with Crippen LogP contribution in [-0.4, -0.2) is 52.4 Å². The normalized spacial score (nSPS) is 13.6. The van der Waals surface area contributed by atoms with E-state index >= 15 is 0 Å². The molecule has 1 aliphatic rings. The number of piperazine rings is 1. The molecule has 5 nitrogen and oxygen atoms in total. The van der Waals surface area contributed by atoms with Gasteiger partial charge in [-0.2, -0.15) is 0 Å². The molecule has 1 aliphatic heterocycles. The predicted molar refractivity (Wildman–Crippen MR) is 139 cm³/mol. The van der Waals surface area contributed by atoms with Crippen molar-refractivity contribution < 1.29 is 14.0 Å². The molecule has 0 atom stereocenters. The first-order valence-corrected chi connectivity index (χ1v) is 12.2. The zero-order valence-corrected chi connectivity index (χ0v) is 20.6. The molecule has 4 aromatic rings. The second-order valence-corrected chi connectivity index (χ2v) is 9.18. The fourth-order valence-corrected chi connectivity index (χ4v) is 4.87. The lowest BCUT2D eigenvalue weighted by molar-refractivity contribution is 0.0535. The number of rotatable bonds is 4. The van der Waals surface area contributed by atoms with E-state index in [-0.39, 0.29) is 17.6 Å². The van der Waals surface area contributed by atoms with Gasteiger partial charge in [-0.15, -0.1) is 0 Å². The Hall–Kier alpha value is -3.90. The standard InChI is InChI=1S/C29H25ClFN3O2/c1-20-25(19-27(21-11-13-22(31)14-12-21)34(20)23-7-3-2-4-8-23)29(36)33-17-15-32(16-18-33)28(35)24-9-5-6-10-26(24)30/h2-14,19H,15-18H2,1H3. The summed E-state index contributed by atoms with van der Waals surface area (Å²) in [6, 6.07) is 24.9. The average molecular weight is 502 g/mol. The van der Waals surface area contributed by atoms with Crippen LogP contribution >= 0.6 is 11.6 Å². The van der Waals surface area contributed by atoms with Crippen LogP contribution in [0.15, 0.2) is 84.9 Å². The minimum atomic E-state index is -0.311. The van der Waals surface area contributed by atoms with Gasteiger partial charge in [0.25, 0.3) is 11.8 Å². The van der Waals surface area contributed by atoms with E-state index in [2.05, 4.69) is 0 Å². The molecule has 36 heavy (non-hydrogen) atoms. The number of hydrogen-bond acceptors (Lipinski definition) is 2. The molecule has 0 N–H and O–H groups in total. The number of carbonyl (C=O) groups is 2. The monoisotopic (exact) mass is 501 g/mol. The van der Waals surface area contributed by atoms with Gasteiger partial charge >= 0.3 is 0 Å². The maximum absolute atomic E-state index is 13.6. The molecular weight excluding hydrogens is 477 g/mol. The van der Waals surface area contributed by atoms with Crippen LogP contribution in [0.4, 0.5) is 4.39 Å². The number of benzene rings is 3. The van der Waals surface area contributed by atoms with E-state index in [0.29, 0.717) is 42.3 Å². The molecule has 1 fully saturated rings. The number of amides is 2. The van der Waals surface area contributed by atoms with Crippen molar-refractivity contribution in [3.8, 4) is 16.9 Å². The minimum absolute atomic E-state index is 0.0876. The number of para-hydroxylation sites is 1. The summed E-state index contributed by atoms with van der Waals surface area (Å²) in [4.78, 5) is 30.1.